The first-order valence-electron chi connectivity index (χ1n) is 11.5. The minimum Gasteiger partial charge on any atom is -0.489 e. The van der Waals surface area contributed by atoms with E-state index in [-0.39, 0.29) is 24.8 Å². The predicted molar refractivity (Wildman–Crippen MR) is 144 cm³/mol. The van der Waals surface area contributed by atoms with Crippen molar-refractivity contribution in [2.24, 2.45) is 0 Å². The summed E-state index contributed by atoms with van der Waals surface area (Å²) in [5.74, 6) is 0.903. The van der Waals surface area contributed by atoms with Gasteiger partial charge in [0.2, 0.25) is 0 Å². The molecule has 182 valence electrons. The van der Waals surface area contributed by atoms with E-state index in [9.17, 15) is 0 Å². The highest BCUT2D eigenvalue weighted by Crippen LogP contribution is 2.24. The summed E-state index contributed by atoms with van der Waals surface area (Å²) in [5, 5.41) is 4.33. The Morgan fingerprint density at radius 1 is 0.875 bits per heavy atom. The third-order valence-electron chi connectivity index (χ3n) is 5.34. The van der Waals surface area contributed by atoms with Crippen LogP contribution in [0.1, 0.15) is 62.6 Å². The van der Waals surface area contributed by atoms with Crippen LogP contribution >= 0.6 is 36.4 Å². The molecule has 0 unspecified atom stereocenters. The molecular formula is C26H41Cl3N2O. The van der Waals surface area contributed by atoms with Gasteiger partial charge < -0.3 is 15.0 Å². The van der Waals surface area contributed by atoms with Crippen LogP contribution in [0.25, 0.3) is 0 Å². The molecule has 0 saturated carbocycles. The van der Waals surface area contributed by atoms with Gasteiger partial charge in [-0.3, -0.25) is 0 Å². The summed E-state index contributed by atoms with van der Waals surface area (Å²) < 4.78 is 6.10. The van der Waals surface area contributed by atoms with Crippen molar-refractivity contribution in [3.63, 3.8) is 0 Å². The zero-order valence-electron chi connectivity index (χ0n) is 19.9. The van der Waals surface area contributed by atoms with Gasteiger partial charge in [0.1, 0.15) is 12.4 Å². The van der Waals surface area contributed by atoms with Crippen LogP contribution in [0.4, 0.5) is 0 Å². The summed E-state index contributed by atoms with van der Waals surface area (Å²) in [5.41, 5.74) is 3.55. The van der Waals surface area contributed by atoms with Crippen molar-refractivity contribution in [3.8, 4) is 5.75 Å². The number of hydrogen-bond acceptors (Lipinski definition) is 3. The van der Waals surface area contributed by atoms with E-state index in [4.69, 9.17) is 16.3 Å². The van der Waals surface area contributed by atoms with Crippen molar-refractivity contribution in [3.05, 3.63) is 64.2 Å². The zero-order valence-corrected chi connectivity index (χ0v) is 22.3. The van der Waals surface area contributed by atoms with Gasteiger partial charge in [-0.15, -0.1) is 24.8 Å². The van der Waals surface area contributed by atoms with Crippen LogP contribution in [-0.4, -0.2) is 31.1 Å². The van der Waals surface area contributed by atoms with E-state index in [1.54, 1.807) is 0 Å². The predicted octanol–water partition coefficient (Wildman–Crippen LogP) is 7.45. The average molecular weight is 504 g/mol. The van der Waals surface area contributed by atoms with Crippen molar-refractivity contribution in [1.29, 1.82) is 0 Å². The molecule has 0 aliphatic heterocycles. The van der Waals surface area contributed by atoms with Gasteiger partial charge >= 0.3 is 0 Å². The van der Waals surface area contributed by atoms with Crippen LogP contribution in [0.15, 0.2) is 42.5 Å². The molecular weight excluding hydrogens is 463 g/mol. The van der Waals surface area contributed by atoms with Crippen LogP contribution in [0.5, 0.6) is 5.75 Å². The Morgan fingerprint density at radius 3 is 2.12 bits per heavy atom. The Labute approximate surface area is 213 Å². The summed E-state index contributed by atoms with van der Waals surface area (Å²) in [7, 11) is 0. The Balaban J connectivity index is 0.00000480. The zero-order chi connectivity index (χ0) is 21.6. The number of ether oxygens (including phenoxy) is 1. The molecule has 2 rings (SSSR count). The van der Waals surface area contributed by atoms with Crippen molar-refractivity contribution in [1.82, 2.24) is 10.2 Å². The minimum absolute atomic E-state index is 0. The summed E-state index contributed by atoms with van der Waals surface area (Å²) in [4.78, 5) is 2.62. The average Bonchev–Trinajstić information content (AvgIpc) is 2.75. The molecule has 0 bridgehead atoms. The molecule has 0 aliphatic carbocycles. The Kier molecular flexibility index (Phi) is 17.9. The van der Waals surface area contributed by atoms with E-state index in [1.165, 1.54) is 56.4 Å². The first-order valence-corrected chi connectivity index (χ1v) is 11.9. The Morgan fingerprint density at radius 2 is 1.50 bits per heavy atom. The highest BCUT2D eigenvalue weighted by molar-refractivity contribution is 6.30. The first kappa shape index (κ1) is 31.0. The SMILES string of the molecule is CCCCN(CCCC)CCCNCc1cc(Cl)ccc1OCc1ccc(C)cc1.Cl.Cl. The summed E-state index contributed by atoms with van der Waals surface area (Å²) >= 11 is 6.24. The smallest absolute Gasteiger partial charge is 0.124 e. The molecule has 0 fully saturated rings. The van der Waals surface area contributed by atoms with Gasteiger partial charge in [-0.25, -0.2) is 0 Å². The quantitative estimate of drug-likeness (QED) is 0.255. The molecule has 0 radical (unpaired) electrons. The van der Waals surface area contributed by atoms with E-state index < -0.39 is 0 Å². The van der Waals surface area contributed by atoms with Gasteiger partial charge in [-0.2, -0.15) is 0 Å². The number of unbranched alkanes of at least 4 members (excludes halogenated alkanes) is 2. The number of hydrogen-bond donors (Lipinski definition) is 1. The largest absolute Gasteiger partial charge is 0.489 e. The fourth-order valence-electron chi connectivity index (χ4n) is 3.42. The van der Waals surface area contributed by atoms with E-state index in [1.807, 2.05) is 18.2 Å². The lowest BCUT2D eigenvalue weighted by Gasteiger charge is -2.22. The summed E-state index contributed by atoms with van der Waals surface area (Å²) in [6, 6.07) is 14.4. The molecule has 32 heavy (non-hydrogen) atoms. The highest BCUT2D eigenvalue weighted by Gasteiger charge is 2.07. The van der Waals surface area contributed by atoms with Gasteiger partial charge in [-0.05, 0) is 76.1 Å². The number of nitrogens with one attached hydrogen (secondary N) is 1. The normalized spacial score (nSPS) is 10.5. The van der Waals surface area contributed by atoms with E-state index >= 15 is 0 Å². The van der Waals surface area contributed by atoms with Crippen LogP contribution in [-0.2, 0) is 13.2 Å². The number of halogens is 3. The molecule has 0 amide bonds. The molecule has 3 nitrogen and oxygen atoms in total. The van der Waals surface area contributed by atoms with Crippen molar-refractivity contribution >= 4 is 36.4 Å². The van der Waals surface area contributed by atoms with Gasteiger partial charge in [0.25, 0.3) is 0 Å². The number of benzene rings is 2. The maximum atomic E-state index is 6.24. The second kappa shape index (κ2) is 18.5. The Bertz CT molecular complexity index is 718. The fraction of sp³-hybridized carbons (Fsp3) is 0.538. The third-order valence-corrected chi connectivity index (χ3v) is 5.57. The van der Waals surface area contributed by atoms with Crippen LogP contribution in [0.3, 0.4) is 0 Å². The highest BCUT2D eigenvalue weighted by atomic mass is 35.5. The molecule has 0 aromatic heterocycles. The second-order valence-electron chi connectivity index (χ2n) is 8.11. The van der Waals surface area contributed by atoms with E-state index in [2.05, 4.69) is 55.3 Å². The minimum atomic E-state index is 0. The Hall–Kier alpha value is -0.970. The fourth-order valence-corrected chi connectivity index (χ4v) is 3.62. The summed E-state index contributed by atoms with van der Waals surface area (Å²) in [6.45, 7) is 12.6. The van der Waals surface area contributed by atoms with Crippen molar-refractivity contribution in [2.45, 2.75) is 66.0 Å². The van der Waals surface area contributed by atoms with E-state index in [0.717, 1.165) is 35.8 Å². The lowest BCUT2D eigenvalue weighted by molar-refractivity contribution is 0.260. The van der Waals surface area contributed by atoms with Crippen molar-refractivity contribution < 1.29 is 4.74 Å². The lowest BCUT2D eigenvalue weighted by Crippen LogP contribution is -2.29. The molecule has 2 aromatic carbocycles. The molecule has 2 aromatic rings. The molecule has 0 saturated heterocycles. The monoisotopic (exact) mass is 502 g/mol. The summed E-state index contributed by atoms with van der Waals surface area (Å²) in [6.07, 6.45) is 6.28. The van der Waals surface area contributed by atoms with Crippen LogP contribution in [0, 0.1) is 6.92 Å². The van der Waals surface area contributed by atoms with Crippen LogP contribution in [0.2, 0.25) is 5.02 Å². The molecule has 0 atom stereocenters. The molecule has 0 aliphatic rings. The number of rotatable bonds is 15. The van der Waals surface area contributed by atoms with Crippen molar-refractivity contribution in [2.75, 3.05) is 26.2 Å². The molecule has 1 N–H and O–H groups in total. The first-order chi connectivity index (χ1) is 14.6. The van der Waals surface area contributed by atoms with Gasteiger partial charge in [0, 0.05) is 17.1 Å². The second-order valence-corrected chi connectivity index (χ2v) is 8.54. The number of nitrogens with zero attached hydrogens (tertiary/aromatic N) is 1. The van der Waals surface area contributed by atoms with E-state index in [0.29, 0.717) is 6.61 Å². The standard InChI is InChI=1S/C26H39ClN2O.2ClH/c1-4-6-16-29(17-7-5-2)18-8-15-28-20-24-19-25(27)13-14-26(24)30-21-23-11-9-22(3)10-12-23;;/h9-14,19,28H,4-8,15-18,20-21H2,1-3H3;2*1H. The van der Waals surface area contributed by atoms with Gasteiger partial charge in [0.15, 0.2) is 0 Å². The molecule has 6 heteroatoms. The van der Waals surface area contributed by atoms with Gasteiger partial charge in [0.05, 0.1) is 0 Å². The topological polar surface area (TPSA) is 24.5 Å². The van der Waals surface area contributed by atoms with Gasteiger partial charge in [-0.1, -0.05) is 68.1 Å². The molecule has 0 spiro atoms. The molecule has 0 heterocycles. The third kappa shape index (κ3) is 12.3. The number of aryl methyl sites for hydroxylation is 1. The van der Waals surface area contributed by atoms with Crippen LogP contribution < -0.4 is 10.1 Å². The lowest BCUT2D eigenvalue weighted by atomic mass is 10.1. The maximum absolute atomic E-state index is 6.24. The maximum Gasteiger partial charge on any atom is 0.124 e.